The Morgan fingerprint density at radius 1 is 1.25 bits per heavy atom. The molecule has 4 rings (SSSR count). The van der Waals surface area contributed by atoms with Crippen molar-refractivity contribution in [2.24, 2.45) is 5.92 Å². The third kappa shape index (κ3) is 3.23. The maximum Gasteiger partial charge on any atom is 0.242 e. The summed E-state index contributed by atoms with van der Waals surface area (Å²) < 4.78 is 0. The maximum atomic E-state index is 13.1. The Labute approximate surface area is 169 Å². The van der Waals surface area contributed by atoms with Gasteiger partial charge in [0.2, 0.25) is 11.8 Å². The fourth-order valence-electron chi connectivity index (χ4n) is 4.36. The third-order valence-electron chi connectivity index (χ3n) is 6.09. The van der Waals surface area contributed by atoms with Gasteiger partial charge in [0.25, 0.3) is 0 Å². The van der Waals surface area contributed by atoms with Crippen LogP contribution in [-0.4, -0.2) is 58.9 Å². The van der Waals surface area contributed by atoms with Crippen LogP contribution in [0.15, 0.2) is 6.33 Å². The molecule has 8 heteroatoms. The molecule has 2 saturated heterocycles. The third-order valence-corrected chi connectivity index (χ3v) is 7.20. The lowest BCUT2D eigenvalue weighted by molar-refractivity contribution is -0.146. The molecule has 0 saturated carbocycles. The van der Waals surface area contributed by atoms with Crippen LogP contribution in [0.25, 0.3) is 10.2 Å². The van der Waals surface area contributed by atoms with Gasteiger partial charge in [0.1, 0.15) is 23.0 Å². The zero-order valence-corrected chi connectivity index (χ0v) is 17.5. The van der Waals surface area contributed by atoms with E-state index in [-0.39, 0.29) is 23.8 Å². The first-order valence-electron chi connectivity index (χ1n) is 10.0. The van der Waals surface area contributed by atoms with E-state index in [1.54, 1.807) is 22.6 Å². The molecule has 2 aliphatic rings. The van der Waals surface area contributed by atoms with Crippen molar-refractivity contribution < 1.29 is 9.59 Å². The van der Waals surface area contributed by atoms with E-state index in [0.29, 0.717) is 19.5 Å². The second-order valence-corrected chi connectivity index (χ2v) is 8.87. The van der Waals surface area contributed by atoms with Crippen LogP contribution in [0.2, 0.25) is 0 Å². The van der Waals surface area contributed by atoms with Crippen molar-refractivity contribution >= 4 is 39.2 Å². The number of rotatable bonds is 3. The van der Waals surface area contributed by atoms with Gasteiger partial charge in [-0.25, -0.2) is 9.97 Å². The highest BCUT2D eigenvalue weighted by molar-refractivity contribution is 7.18. The molecule has 4 heterocycles. The number of nitrogens with zero attached hydrogens (tertiary/aromatic N) is 4. The van der Waals surface area contributed by atoms with E-state index in [2.05, 4.69) is 34.0 Å². The fourth-order valence-corrected chi connectivity index (χ4v) is 5.35. The lowest BCUT2D eigenvalue weighted by Crippen LogP contribution is -2.58. The number of aryl methyl sites for hydroxylation is 2. The summed E-state index contributed by atoms with van der Waals surface area (Å²) in [5.74, 6) is 1.09. The normalized spacial score (nSPS) is 21.2. The van der Waals surface area contributed by atoms with Gasteiger partial charge < -0.3 is 15.1 Å². The smallest absolute Gasteiger partial charge is 0.242 e. The molecular formula is C20H27N5O2S. The van der Waals surface area contributed by atoms with Gasteiger partial charge in [-0.05, 0) is 38.7 Å². The molecule has 2 aromatic rings. The molecule has 0 aromatic carbocycles. The lowest BCUT2D eigenvalue weighted by atomic mass is 9.93. The average molecular weight is 402 g/mol. The van der Waals surface area contributed by atoms with Crippen molar-refractivity contribution in [3.63, 3.8) is 0 Å². The second-order valence-electron chi connectivity index (χ2n) is 7.67. The topological polar surface area (TPSA) is 78.4 Å². The van der Waals surface area contributed by atoms with Gasteiger partial charge in [0.15, 0.2) is 0 Å². The number of fused-ring (bicyclic) bond motifs is 1. The summed E-state index contributed by atoms with van der Waals surface area (Å²) in [6.07, 6.45) is 3.89. The highest BCUT2D eigenvalue weighted by atomic mass is 32.1. The molecular weight excluding hydrogens is 374 g/mol. The van der Waals surface area contributed by atoms with Crippen LogP contribution < -0.4 is 10.2 Å². The summed E-state index contributed by atoms with van der Waals surface area (Å²) in [6, 6.07) is -0.322. The molecule has 28 heavy (non-hydrogen) atoms. The van der Waals surface area contributed by atoms with Crippen LogP contribution in [0.1, 0.15) is 36.6 Å². The largest absolute Gasteiger partial charge is 0.356 e. The number of nitrogens with one attached hydrogen (secondary N) is 1. The van der Waals surface area contributed by atoms with Crippen LogP contribution in [-0.2, 0) is 9.59 Å². The molecule has 0 radical (unpaired) electrons. The molecule has 2 amide bonds. The summed E-state index contributed by atoms with van der Waals surface area (Å²) in [5.41, 5.74) is 1.25. The standard InChI is InChI=1S/C20H27N5O2S/c1-4-15-18(26)21-7-10-25(15)20(27)14-5-8-24(9-6-14)17-16-12(2)13(3)28-19(16)23-11-22-17/h11,14-15H,4-10H2,1-3H3,(H,21,26)/t15-/m0/s1. The monoisotopic (exact) mass is 401 g/mol. The van der Waals surface area contributed by atoms with E-state index in [4.69, 9.17) is 0 Å². The first kappa shape index (κ1) is 19.1. The van der Waals surface area contributed by atoms with Crippen LogP contribution in [0.5, 0.6) is 0 Å². The number of carbonyl (C=O) groups excluding carboxylic acids is 2. The molecule has 0 unspecified atom stereocenters. The van der Waals surface area contributed by atoms with Crippen LogP contribution >= 0.6 is 11.3 Å². The molecule has 2 fully saturated rings. The van der Waals surface area contributed by atoms with E-state index in [1.807, 2.05) is 6.92 Å². The van der Waals surface area contributed by atoms with Gasteiger partial charge in [-0.15, -0.1) is 11.3 Å². The van der Waals surface area contributed by atoms with Gasteiger partial charge >= 0.3 is 0 Å². The minimum atomic E-state index is -0.322. The molecule has 0 aliphatic carbocycles. The van der Waals surface area contributed by atoms with Crippen molar-refractivity contribution in [2.45, 2.75) is 46.1 Å². The molecule has 2 aliphatic heterocycles. The Morgan fingerprint density at radius 3 is 2.71 bits per heavy atom. The van der Waals surface area contributed by atoms with Crippen LogP contribution in [0, 0.1) is 19.8 Å². The number of hydrogen-bond acceptors (Lipinski definition) is 6. The Balaban J connectivity index is 1.48. The summed E-state index contributed by atoms with van der Waals surface area (Å²) in [5, 5.41) is 4.02. The molecule has 7 nitrogen and oxygen atoms in total. The number of amides is 2. The van der Waals surface area contributed by atoms with E-state index < -0.39 is 0 Å². The van der Waals surface area contributed by atoms with Crippen LogP contribution in [0.4, 0.5) is 5.82 Å². The van der Waals surface area contributed by atoms with Gasteiger partial charge in [-0.2, -0.15) is 0 Å². The predicted molar refractivity (Wildman–Crippen MR) is 111 cm³/mol. The second kappa shape index (κ2) is 7.66. The number of piperidine rings is 1. The van der Waals surface area contributed by atoms with E-state index in [1.165, 1.54) is 10.4 Å². The molecule has 1 N–H and O–H groups in total. The number of piperazine rings is 1. The van der Waals surface area contributed by atoms with E-state index >= 15 is 0 Å². The van der Waals surface area contributed by atoms with Crippen molar-refractivity contribution in [3.05, 3.63) is 16.8 Å². The summed E-state index contributed by atoms with van der Waals surface area (Å²) in [6.45, 7) is 8.98. The Bertz CT molecular complexity index is 903. The van der Waals surface area contributed by atoms with Gasteiger partial charge in [0, 0.05) is 37.0 Å². The number of carbonyl (C=O) groups is 2. The van der Waals surface area contributed by atoms with Crippen molar-refractivity contribution in [1.82, 2.24) is 20.2 Å². The van der Waals surface area contributed by atoms with Gasteiger partial charge in [0.05, 0.1) is 5.39 Å². The maximum absolute atomic E-state index is 13.1. The quantitative estimate of drug-likeness (QED) is 0.854. The molecule has 1 atom stereocenters. The van der Waals surface area contributed by atoms with E-state index in [9.17, 15) is 9.59 Å². The summed E-state index contributed by atoms with van der Waals surface area (Å²) in [4.78, 5) is 40.6. The SMILES string of the molecule is CC[C@H]1C(=O)NCCN1C(=O)C1CCN(c2ncnc3sc(C)c(C)c23)CC1. The first-order valence-corrected chi connectivity index (χ1v) is 10.9. The number of anilines is 1. The Hall–Kier alpha value is -2.22. The molecule has 2 aromatic heterocycles. The van der Waals surface area contributed by atoms with Crippen molar-refractivity contribution in [3.8, 4) is 0 Å². The number of aromatic nitrogens is 2. The highest BCUT2D eigenvalue weighted by Crippen LogP contribution is 2.35. The Kier molecular flexibility index (Phi) is 5.23. The minimum absolute atomic E-state index is 0.0150. The van der Waals surface area contributed by atoms with Crippen LogP contribution in [0.3, 0.4) is 0 Å². The summed E-state index contributed by atoms with van der Waals surface area (Å²) >= 11 is 1.71. The van der Waals surface area contributed by atoms with Gasteiger partial charge in [-0.3, -0.25) is 9.59 Å². The first-order chi connectivity index (χ1) is 13.5. The molecule has 0 spiro atoms. The van der Waals surface area contributed by atoms with E-state index in [0.717, 1.165) is 42.0 Å². The lowest BCUT2D eigenvalue weighted by Gasteiger charge is -2.39. The summed E-state index contributed by atoms with van der Waals surface area (Å²) in [7, 11) is 0. The average Bonchev–Trinajstić information content (AvgIpc) is 3.01. The van der Waals surface area contributed by atoms with Crippen molar-refractivity contribution in [2.75, 3.05) is 31.1 Å². The zero-order valence-electron chi connectivity index (χ0n) is 16.7. The number of hydrogen-bond donors (Lipinski definition) is 1. The zero-order chi connectivity index (χ0) is 19.8. The molecule has 150 valence electrons. The fraction of sp³-hybridized carbons (Fsp3) is 0.600. The van der Waals surface area contributed by atoms with Crippen molar-refractivity contribution in [1.29, 1.82) is 0 Å². The minimum Gasteiger partial charge on any atom is -0.356 e. The van der Waals surface area contributed by atoms with Gasteiger partial charge in [-0.1, -0.05) is 6.92 Å². The highest BCUT2D eigenvalue weighted by Gasteiger charge is 2.36. The molecule has 0 bridgehead atoms. The predicted octanol–water partition coefficient (Wildman–Crippen LogP) is 2.26. The number of thiophene rings is 1. The Morgan fingerprint density at radius 2 is 2.00 bits per heavy atom.